The minimum absolute atomic E-state index is 0.0763. The molecule has 3 aromatic rings. The standard InChI is InChI=1S/C22H22N4O3S/c1-11-4-6-14(30-11)7-5-13-8-16(23-3)17-21(25-13)26(10-24-17)18-15-9-22(15,12(2)27)20(29)19(18)28/h4,6,8,10,15,18-20,28-29H,9H2,1-3H3,(H,23,25)/t15?,18-,19+,20+,22+/m1/s1. The van der Waals surface area contributed by atoms with E-state index in [0.717, 1.165) is 10.6 Å². The monoisotopic (exact) mass is 422 g/mol. The molecule has 8 heteroatoms. The fourth-order valence-corrected chi connectivity index (χ4v) is 5.60. The van der Waals surface area contributed by atoms with Crippen molar-refractivity contribution in [1.82, 2.24) is 14.5 Å². The maximum absolute atomic E-state index is 12.2. The lowest BCUT2D eigenvalue weighted by Crippen LogP contribution is -2.36. The van der Waals surface area contributed by atoms with E-state index in [4.69, 9.17) is 4.98 Å². The summed E-state index contributed by atoms with van der Waals surface area (Å²) in [4.78, 5) is 23.5. The molecular formula is C22H22N4O3S. The molecule has 0 saturated heterocycles. The number of anilines is 1. The Bertz CT molecular complexity index is 1240. The lowest BCUT2D eigenvalue weighted by atomic mass is 9.95. The van der Waals surface area contributed by atoms with E-state index in [0.29, 0.717) is 23.3 Å². The van der Waals surface area contributed by atoms with Crippen molar-refractivity contribution in [2.24, 2.45) is 11.3 Å². The molecule has 0 spiro atoms. The zero-order valence-corrected chi connectivity index (χ0v) is 17.7. The van der Waals surface area contributed by atoms with Gasteiger partial charge in [0.25, 0.3) is 0 Å². The van der Waals surface area contributed by atoms with Gasteiger partial charge in [0.2, 0.25) is 0 Å². The first-order valence-electron chi connectivity index (χ1n) is 9.87. The molecule has 3 heterocycles. The maximum Gasteiger partial charge on any atom is 0.163 e. The number of ketones is 1. The lowest BCUT2D eigenvalue weighted by Gasteiger charge is -2.23. The number of nitrogens with zero attached hydrogens (tertiary/aromatic N) is 3. The van der Waals surface area contributed by atoms with Crippen LogP contribution < -0.4 is 5.32 Å². The van der Waals surface area contributed by atoms with Crippen LogP contribution in [0.25, 0.3) is 11.2 Å². The van der Waals surface area contributed by atoms with Gasteiger partial charge in [0.05, 0.1) is 34.5 Å². The van der Waals surface area contributed by atoms with E-state index in [-0.39, 0.29) is 11.7 Å². The van der Waals surface area contributed by atoms with Crippen LogP contribution in [0.5, 0.6) is 0 Å². The van der Waals surface area contributed by atoms with Crippen molar-refractivity contribution >= 4 is 34.0 Å². The fourth-order valence-electron chi connectivity index (χ4n) is 4.88. The van der Waals surface area contributed by atoms with Gasteiger partial charge in [0, 0.05) is 11.9 Å². The Hall–Kier alpha value is -2.73. The molecule has 0 radical (unpaired) electrons. The van der Waals surface area contributed by atoms with Gasteiger partial charge in [0.1, 0.15) is 23.1 Å². The van der Waals surface area contributed by atoms with E-state index in [2.05, 4.69) is 22.1 Å². The number of hydrogen-bond donors (Lipinski definition) is 3. The SMILES string of the molecule is CNc1cc(C#Cc2ccc(C)s2)nc2c1ncn2[C@@H]1C2C[C@@]2(C(C)=O)[C@@H](O)[C@H]1O. The number of aliphatic hydroxyl groups excluding tert-OH is 2. The van der Waals surface area contributed by atoms with Gasteiger partial charge in [-0.2, -0.15) is 0 Å². The molecule has 2 aliphatic carbocycles. The van der Waals surface area contributed by atoms with E-state index >= 15 is 0 Å². The van der Waals surface area contributed by atoms with Crippen LogP contribution in [0.2, 0.25) is 0 Å². The number of thiophene rings is 1. The van der Waals surface area contributed by atoms with E-state index < -0.39 is 23.7 Å². The Balaban J connectivity index is 1.59. The smallest absolute Gasteiger partial charge is 0.163 e. The number of pyridine rings is 1. The van der Waals surface area contributed by atoms with Crippen LogP contribution in [0.15, 0.2) is 24.5 Å². The quantitative estimate of drug-likeness (QED) is 0.559. The number of aliphatic hydroxyl groups is 2. The summed E-state index contributed by atoms with van der Waals surface area (Å²) in [6.45, 7) is 3.53. The average Bonchev–Trinajstić information content (AvgIpc) is 2.98. The van der Waals surface area contributed by atoms with Crippen molar-refractivity contribution < 1.29 is 15.0 Å². The van der Waals surface area contributed by atoms with Crippen LogP contribution in [0.3, 0.4) is 0 Å². The van der Waals surface area contributed by atoms with Crippen molar-refractivity contribution in [3.63, 3.8) is 0 Å². The Morgan fingerprint density at radius 1 is 1.37 bits per heavy atom. The van der Waals surface area contributed by atoms with Gasteiger partial charge in [-0.3, -0.25) is 4.79 Å². The number of imidazole rings is 1. The van der Waals surface area contributed by atoms with Crippen molar-refractivity contribution in [1.29, 1.82) is 0 Å². The molecule has 0 aliphatic heterocycles. The molecule has 30 heavy (non-hydrogen) atoms. The van der Waals surface area contributed by atoms with Gasteiger partial charge in [-0.1, -0.05) is 0 Å². The number of Topliss-reactive ketones (excluding diaryl/α,β-unsaturated/α-hetero) is 1. The maximum atomic E-state index is 12.2. The van der Waals surface area contributed by atoms with Crippen LogP contribution >= 0.6 is 11.3 Å². The molecule has 7 nitrogen and oxygen atoms in total. The van der Waals surface area contributed by atoms with Gasteiger partial charge < -0.3 is 20.1 Å². The zero-order valence-electron chi connectivity index (χ0n) is 16.9. The summed E-state index contributed by atoms with van der Waals surface area (Å²) < 4.78 is 1.80. The number of rotatable bonds is 3. The fraction of sp³-hybridized carbons (Fsp3) is 0.409. The van der Waals surface area contributed by atoms with Crippen LogP contribution in [0, 0.1) is 30.1 Å². The van der Waals surface area contributed by atoms with Gasteiger partial charge in [0.15, 0.2) is 5.65 Å². The van der Waals surface area contributed by atoms with Crippen LogP contribution in [0.4, 0.5) is 5.69 Å². The lowest BCUT2D eigenvalue weighted by molar-refractivity contribution is -0.128. The first-order valence-corrected chi connectivity index (χ1v) is 10.7. The third kappa shape index (κ3) is 2.63. The summed E-state index contributed by atoms with van der Waals surface area (Å²) in [5.41, 5.74) is 1.77. The highest BCUT2D eigenvalue weighted by Gasteiger charge is 2.74. The van der Waals surface area contributed by atoms with Crippen LogP contribution in [-0.4, -0.2) is 49.8 Å². The Labute approximate surface area is 177 Å². The summed E-state index contributed by atoms with van der Waals surface area (Å²) in [5.74, 6) is 6.07. The molecule has 1 unspecified atom stereocenters. The molecule has 0 bridgehead atoms. The van der Waals surface area contributed by atoms with E-state index in [1.165, 1.54) is 11.8 Å². The second kappa shape index (κ2) is 6.64. The highest BCUT2D eigenvalue weighted by Crippen LogP contribution is 2.68. The van der Waals surface area contributed by atoms with Crippen molar-refractivity contribution in [2.45, 2.75) is 38.5 Å². The Morgan fingerprint density at radius 2 is 2.17 bits per heavy atom. The number of hydrogen-bond acceptors (Lipinski definition) is 7. The number of carbonyl (C=O) groups is 1. The highest BCUT2D eigenvalue weighted by atomic mass is 32.1. The first-order chi connectivity index (χ1) is 14.4. The predicted octanol–water partition coefficient (Wildman–Crippen LogP) is 2.11. The number of nitrogens with one attached hydrogen (secondary N) is 1. The van der Waals surface area contributed by atoms with Gasteiger partial charge in [-0.25, -0.2) is 9.97 Å². The van der Waals surface area contributed by atoms with Crippen molar-refractivity contribution in [3.8, 4) is 11.8 Å². The Morgan fingerprint density at radius 3 is 2.80 bits per heavy atom. The summed E-state index contributed by atoms with van der Waals surface area (Å²) in [6, 6.07) is 5.42. The summed E-state index contributed by atoms with van der Waals surface area (Å²) in [5, 5.41) is 24.4. The second-order valence-corrected chi connectivity index (χ2v) is 9.41. The highest BCUT2D eigenvalue weighted by molar-refractivity contribution is 7.12. The number of aryl methyl sites for hydroxylation is 1. The molecule has 0 amide bonds. The van der Waals surface area contributed by atoms with E-state index in [1.807, 2.05) is 32.2 Å². The Kier molecular flexibility index (Phi) is 4.26. The summed E-state index contributed by atoms with van der Waals surface area (Å²) >= 11 is 1.63. The summed E-state index contributed by atoms with van der Waals surface area (Å²) in [7, 11) is 1.81. The largest absolute Gasteiger partial charge is 0.389 e. The molecule has 3 aromatic heterocycles. The molecular weight excluding hydrogens is 400 g/mol. The minimum atomic E-state index is -1.07. The summed E-state index contributed by atoms with van der Waals surface area (Å²) in [6.07, 6.45) is 0.0825. The topological polar surface area (TPSA) is 100 Å². The number of fused-ring (bicyclic) bond motifs is 2. The molecule has 2 aliphatic rings. The number of aromatic nitrogens is 3. The molecule has 5 rings (SSSR count). The van der Waals surface area contributed by atoms with Crippen molar-refractivity contribution in [2.75, 3.05) is 12.4 Å². The van der Waals surface area contributed by atoms with Crippen LogP contribution in [-0.2, 0) is 4.79 Å². The average molecular weight is 423 g/mol. The second-order valence-electron chi connectivity index (χ2n) is 8.12. The van der Waals surface area contributed by atoms with Crippen molar-refractivity contribution in [3.05, 3.63) is 40.0 Å². The van der Waals surface area contributed by atoms with E-state index in [9.17, 15) is 15.0 Å². The molecule has 5 atom stereocenters. The zero-order chi connectivity index (χ0) is 21.2. The van der Waals surface area contributed by atoms with Gasteiger partial charge >= 0.3 is 0 Å². The molecule has 3 N–H and O–H groups in total. The predicted molar refractivity (Wildman–Crippen MR) is 114 cm³/mol. The molecule has 154 valence electrons. The normalized spacial score (nSPS) is 29.4. The molecule has 2 saturated carbocycles. The number of carbonyl (C=O) groups excluding carboxylic acids is 1. The van der Waals surface area contributed by atoms with Crippen LogP contribution in [0.1, 0.15) is 34.8 Å². The minimum Gasteiger partial charge on any atom is -0.389 e. The van der Waals surface area contributed by atoms with Gasteiger partial charge in [-0.15, -0.1) is 11.3 Å². The first kappa shape index (κ1) is 19.2. The van der Waals surface area contributed by atoms with E-state index in [1.54, 1.807) is 22.2 Å². The molecule has 2 fully saturated rings. The third-order valence-electron chi connectivity index (χ3n) is 6.50. The third-order valence-corrected chi connectivity index (χ3v) is 7.42. The van der Waals surface area contributed by atoms with Gasteiger partial charge in [-0.05, 0) is 56.2 Å². The molecule has 0 aromatic carbocycles.